The second-order valence-electron chi connectivity index (χ2n) is 7.08. The number of anilines is 1. The average molecular weight is 478 g/mol. The highest BCUT2D eigenvalue weighted by Crippen LogP contribution is 2.22. The maximum absolute atomic E-state index is 13.3. The number of carbonyl (C=O) groups excluding carboxylic acids is 1. The van der Waals surface area contributed by atoms with Gasteiger partial charge in [-0.05, 0) is 62.4 Å². The Morgan fingerprint density at radius 2 is 1.88 bits per heavy atom. The fourth-order valence-corrected chi connectivity index (χ4v) is 4.04. The number of amides is 1. The highest BCUT2D eigenvalue weighted by molar-refractivity contribution is 7.92. The number of carbonyl (C=O) groups is 1. The number of halogens is 2. The van der Waals surface area contributed by atoms with E-state index in [9.17, 15) is 17.6 Å². The Kier molecular flexibility index (Phi) is 7.32. The zero-order valence-electron chi connectivity index (χ0n) is 17.3. The van der Waals surface area contributed by atoms with Gasteiger partial charge in [0.25, 0.3) is 15.9 Å². The molecule has 7 nitrogen and oxygen atoms in total. The molecule has 1 heterocycles. The van der Waals surface area contributed by atoms with Crippen LogP contribution in [0.4, 0.5) is 10.1 Å². The number of aromatic nitrogens is 1. The molecule has 1 aromatic heterocycles. The minimum atomic E-state index is -3.97. The van der Waals surface area contributed by atoms with E-state index in [1.807, 2.05) is 19.9 Å². The van der Waals surface area contributed by atoms with Gasteiger partial charge in [-0.25, -0.2) is 17.8 Å². The quantitative estimate of drug-likeness (QED) is 0.501. The van der Waals surface area contributed by atoms with Gasteiger partial charge in [0.05, 0.1) is 16.0 Å². The van der Waals surface area contributed by atoms with Crippen molar-refractivity contribution in [3.63, 3.8) is 0 Å². The van der Waals surface area contributed by atoms with E-state index >= 15 is 0 Å². The van der Waals surface area contributed by atoms with Gasteiger partial charge in [0.15, 0.2) is 0 Å². The van der Waals surface area contributed by atoms with Crippen molar-refractivity contribution in [2.75, 3.05) is 4.72 Å². The van der Waals surface area contributed by atoms with Crippen LogP contribution in [-0.2, 0) is 16.6 Å². The smallest absolute Gasteiger partial charge is 0.261 e. The molecule has 1 amide bonds. The van der Waals surface area contributed by atoms with Crippen molar-refractivity contribution in [2.45, 2.75) is 31.4 Å². The summed E-state index contributed by atoms with van der Waals surface area (Å²) in [4.78, 5) is 16.5. The van der Waals surface area contributed by atoms with Crippen LogP contribution >= 0.6 is 11.6 Å². The van der Waals surface area contributed by atoms with E-state index in [0.717, 1.165) is 23.8 Å². The molecule has 0 spiro atoms. The lowest BCUT2D eigenvalue weighted by atomic mass is 10.2. The molecule has 0 saturated carbocycles. The Hall–Kier alpha value is -3.17. The molecular formula is C22H21ClFN3O4S. The summed E-state index contributed by atoms with van der Waals surface area (Å²) >= 11 is 5.66. The Bertz CT molecular complexity index is 1220. The second-order valence-corrected chi connectivity index (χ2v) is 9.17. The predicted octanol–water partition coefficient (Wildman–Crippen LogP) is 4.39. The zero-order valence-corrected chi connectivity index (χ0v) is 18.9. The lowest BCUT2D eigenvalue weighted by molar-refractivity contribution is 0.0950. The SMILES string of the molecule is CC(C)Oc1ncccc1CNC(=O)c1ccc(NS(=O)(=O)c2ccc(F)c(Cl)c2)cc1. The van der Waals surface area contributed by atoms with Crippen molar-refractivity contribution >= 4 is 33.2 Å². The molecule has 0 radical (unpaired) electrons. The molecule has 0 atom stereocenters. The third-order valence-corrected chi connectivity index (χ3v) is 5.91. The highest BCUT2D eigenvalue weighted by Gasteiger charge is 2.17. The van der Waals surface area contributed by atoms with Crippen molar-refractivity contribution < 1.29 is 22.3 Å². The van der Waals surface area contributed by atoms with Crippen LogP contribution in [0, 0.1) is 5.82 Å². The average Bonchev–Trinajstić information content (AvgIpc) is 2.74. The highest BCUT2D eigenvalue weighted by atomic mass is 35.5. The van der Waals surface area contributed by atoms with E-state index in [-0.39, 0.29) is 34.2 Å². The molecular weight excluding hydrogens is 457 g/mol. The molecule has 0 saturated heterocycles. The van der Waals surface area contributed by atoms with Gasteiger partial charge in [-0.1, -0.05) is 17.7 Å². The van der Waals surface area contributed by atoms with Gasteiger partial charge in [0.1, 0.15) is 5.82 Å². The summed E-state index contributed by atoms with van der Waals surface area (Å²) in [5.74, 6) is -0.604. The lowest BCUT2D eigenvalue weighted by Gasteiger charge is -2.13. The Labute approximate surface area is 190 Å². The molecule has 3 aromatic rings. The van der Waals surface area contributed by atoms with Crippen LogP contribution in [0.5, 0.6) is 5.88 Å². The van der Waals surface area contributed by atoms with E-state index < -0.39 is 15.8 Å². The summed E-state index contributed by atoms with van der Waals surface area (Å²) in [6.45, 7) is 3.99. The van der Waals surface area contributed by atoms with E-state index in [1.165, 1.54) is 24.3 Å². The van der Waals surface area contributed by atoms with E-state index in [4.69, 9.17) is 16.3 Å². The topological polar surface area (TPSA) is 97.4 Å². The maximum atomic E-state index is 13.3. The van der Waals surface area contributed by atoms with Crippen LogP contribution in [0.25, 0.3) is 0 Å². The van der Waals surface area contributed by atoms with Crippen LogP contribution in [-0.4, -0.2) is 25.4 Å². The van der Waals surface area contributed by atoms with Crippen molar-refractivity contribution in [1.82, 2.24) is 10.3 Å². The first-order valence-corrected chi connectivity index (χ1v) is 11.5. The van der Waals surface area contributed by atoms with E-state index in [0.29, 0.717) is 11.4 Å². The van der Waals surface area contributed by atoms with Gasteiger partial charge < -0.3 is 10.1 Å². The lowest BCUT2D eigenvalue weighted by Crippen LogP contribution is -2.23. The number of nitrogens with zero attached hydrogens (tertiary/aromatic N) is 1. The molecule has 0 fully saturated rings. The molecule has 2 aromatic carbocycles. The molecule has 168 valence electrons. The third kappa shape index (κ3) is 5.95. The number of ether oxygens (including phenoxy) is 1. The van der Waals surface area contributed by atoms with Gasteiger partial charge >= 0.3 is 0 Å². The fraction of sp³-hybridized carbons (Fsp3) is 0.182. The van der Waals surface area contributed by atoms with Crippen molar-refractivity contribution in [1.29, 1.82) is 0 Å². The summed E-state index contributed by atoms with van der Waals surface area (Å²) < 4.78 is 46.2. The first-order valence-electron chi connectivity index (χ1n) is 9.62. The number of benzene rings is 2. The molecule has 0 bridgehead atoms. The summed E-state index contributed by atoms with van der Waals surface area (Å²) in [7, 11) is -3.97. The van der Waals surface area contributed by atoms with Crippen molar-refractivity contribution in [3.05, 3.63) is 82.8 Å². The minimum Gasteiger partial charge on any atom is -0.475 e. The molecule has 0 aliphatic rings. The number of hydrogen-bond acceptors (Lipinski definition) is 5. The van der Waals surface area contributed by atoms with Gasteiger partial charge in [-0.3, -0.25) is 9.52 Å². The molecule has 0 aliphatic carbocycles. The second kappa shape index (κ2) is 9.97. The van der Waals surface area contributed by atoms with Crippen LogP contribution in [0.15, 0.2) is 65.7 Å². The molecule has 32 heavy (non-hydrogen) atoms. The molecule has 0 aliphatic heterocycles. The number of pyridine rings is 1. The Morgan fingerprint density at radius 1 is 1.16 bits per heavy atom. The molecule has 3 rings (SSSR count). The number of hydrogen-bond donors (Lipinski definition) is 2. The third-order valence-electron chi connectivity index (χ3n) is 4.24. The van der Waals surface area contributed by atoms with Gasteiger partial charge in [0, 0.05) is 29.6 Å². The van der Waals surface area contributed by atoms with Crippen LogP contribution < -0.4 is 14.8 Å². The number of rotatable bonds is 8. The predicted molar refractivity (Wildman–Crippen MR) is 120 cm³/mol. The van der Waals surface area contributed by atoms with Crippen LogP contribution in [0.2, 0.25) is 5.02 Å². The number of sulfonamides is 1. The van der Waals surface area contributed by atoms with E-state index in [1.54, 1.807) is 12.3 Å². The first-order chi connectivity index (χ1) is 15.2. The first kappa shape index (κ1) is 23.5. The molecule has 0 unspecified atom stereocenters. The monoisotopic (exact) mass is 477 g/mol. The zero-order chi connectivity index (χ0) is 23.3. The largest absolute Gasteiger partial charge is 0.475 e. The van der Waals surface area contributed by atoms with Crippen molar-refractivity contribution in [2.24, 2.45) is 0 Å². The fourth-order valence-electron chi connectivity index (χ4n) is 2.71. The minimum absolute atomic E-state index is 0.0541. The normalized spacial score (nSPS) is 11.3. The summed E-state index contributed by atoms with van der Waals surface area (Å²) in [6, 6.07) is 12.6. The summed E-state index contributed by atoms with van der Waals surface area (Å²) in [5, 5.41) is 2.49. The van der Waals surface area contributed by atoms with Gasteiger partial charge in [-0.2, -0.15) is 0 Å². The Balaban J connectivity index is 1.65. The molecule has 2 N–H and O–H groups in total. The standard InChI is InChI=1S/C22H21ClFN3O4S/c1-14(2)31-22-16(4-3-11-25-22)13-26-21(28)15-5-7-17(8-6-15)27-32(29,30)18-9-10-20(24)19(23)12-18/h3-12,14,27H,13H2,1-2H3,(H,26,28). The van der Waals surface area contributed by atoms with Crippen LogP contribution in [0.3, 0.4) is 0 Å². The van der Waals surface area contributed by atoms with Crippen LogP contribution in [0.1, 0.15) is 29.8 Å². The van der Waals surface area contributed by atoms with Crippen molar-refractivity contribution in [3.8, 4) is 5.88 Å². The molecule has 10 heteroatoms. The summed E-state index contributed by atoms with van der Waals surface area (Å²) in [6.07, 6.45) is 1.56. The van der Waals surface area contributed by atoms with Gasteiger partial charge in [0.2, 0.25) is 5.88 Å². The van der Waals surface area contributed by atoms with Gasteiger partial charge in [-0.15, -0.1) is 0 Å². The number of nitrogens with one attached hydrogen (secondary N) is 2. The van der Waals surface area contributed by atoms with E-state index in [2.05, 4.69) is 15.0 Å². The Morgan fingerprint density at radius 3 is 2.53 bits per heavy atom. The maximum Gasteiger partial charge on any atom is 0.261 e. The summed E-state index contributed by atoms with van der Waals surface area (Å²) in [5.41, 5.74) is 1.31.